The number of nitrogens with zero attached hydrogens (tertiary/aromatic N) is 3. The number of methoxy groups -OCH3 is 1. The monoisotopic (exact) mass is 356 g/mol. The van der Waals surface area contributed by atoms with Gasteiger partial charge in [-0.2, -0.15) is 5.26 Å². The molecular weight excluding hydrogens is 332 g/mol. The molecule has 1 aromatic carbocycles. The van der Waals surface area contributed by atoms with Gasteiger partial charge in [-0.3, -0.25) is 4.79 Å². The third kappa shape index (κ3) is 7.09. The first-order valence-corrected chi connectivity index (χ1v) is 8.31. The summed E-state index contributed by atoms with van der Waals surface area (Å²) in [5.74, 6) is -1.07. The molecule has 1 amide bonds. The van der Waals surface area contributed by atoms with Gasteiger partial charge in [0.05, 0.1) is 18.7 Å². The van der Waals surface area contributed by atoms with E-state index in [4.69, 9.17) is 5.26 Å². The van der Waals surface area contributed by atoms with Gasteiger partial charge in [0.15, 0.2) is 5.69 Å². The highest BCUT2D eigenvalue weighted by Gasteiger charge is 2.13. The molecule has 0 radical (unpaired) electrons. The van der Waals surface area contributed by atoms with Gasteiger partial charge in [-0.25, -0.2) is 14.8 Å². The Kier molecular flexibility index (Phi) is 11.4. The normalized spacial score (nSPS) is 8.62. The number of hydrogen-bond donors (Lipinski definition) is 1. The minimum absolute atomic E-state index is 0.0148. The smallest absolute Gasteiger partial charge is 0.356 e. The van der Waals surface area contributed by atoms with Gasteiger partial charge in [0.1, 0.15) is 12.0 Å². The van der Waals surface area contributed by atoms with Crippen LogP contribution in [0.15, 0.2) is 36.7 Å². The first kappa shape index (κ1) is 22.7. The molecule has 0 spiro atoms. The van der Waals surface area contributed by atoms with Crippen LogP contribution in [0.3, 0.4) is 0 Å². The molecule has 0 bridgehead atoms. The number of aromatic nitrogens is 2. The molecule has 1 heterocycles. The van der Waals surface area contributed by atoms with E-state index in [2.05, 4.69) is 20.0 Å². The van der Waals surface area contributed by atoms with Crippen LogP contribution in [0.25, 0.3) is 0 Å². The number of carbonyl (C=O) groups is 2. The van der Waals surface area contributed by atoms with Crippen molar-refractivity contribution < 1.29 is 14.3 Å². The summed E-state index contributed by atoms with van der Waals surface area (Å²) in [4.78, 5) is 30.9. The largest absolute Gasteiger partial charge is 0.464 e. The van der Waals surface area contributed by atoms with Crippen molar-refractivity contribution in [1.82, 2.24) is 15.3 Å². The van der Waals surface area contributed by atoms with Gasteiger partial charge < -0.3 is 10.1 Å². The Hall–Kier alpha value is -3.27. The SMILES string of the molecule is CC.CC.COC(=O)c1cc(C(=O)NCc2ccc(C#N)cc2)ncn1. The Morgan fingerprint density at radius 3 is 2.19 bits per heavy atom. The lowest BCUT2D eigenvalue weighted by molar-refractivity contribution is 0.0593. The zero-order valence-corrected chi connectivity index (χ0v) is 15.7. The molecular formula is C19H24N4O3. The Morgan fingerprint density at radius 2 is 1.65 bits per heavy atom. The number of esters is 1. The number of nitrogens with one attached hydrogen (secondary N) is 1. The van der Waals surface area contributed by atoms with Crippen LogP contribution < -0.4 is 5.32 Å². The Balaban J connectivity index is 0.00000146. The fourth-order valence-corrected chi connectivity index (χ4v) is 1.67. The maximum absolute atomic E-state index is 12.0. The van der Waals surface area contributed by atoms with Crippen LogP contribution in [0.2, 0.25) is 0 Å². The highest BCUT2D eigenvalue weighted by molar-refractivity contribution is 5.95. The van der Waals surface area contributed by atoms with Crippen molar-refractivity contribution in [3.8, 4) is 6.07 Å². The van der Waals surface area contributed by atoms with Crippen molar-refractivity contribution in [2.24, 2.45) is 0 Å². The Bertz CT molecular complexity index is 737. The molecule has 7 nitrogen and oxygen atoms in total. The number of benzene rings is 1. The molecule has 0 saturated heterocycles. The molecule has 0 atom stereocenters. The van der Waals surface area contributed by atoms with Crippen LogP contribution >= 0.6 is 0 Å². The Morgan fingerprint density at radius 1 is 1.08 bits per heavy atom. The zero-order valence-electron chi connectivity index (χ0n) is 15.7. The van der Waals surface area contributed by atoms with Crippen molar-refractivity contribution in [2.75, 3.05) is 7.11 Å². The number of hydrogen-bond acceptors (Lipinski definition) is 6. The lowest BCUT2D eigenvalue weighted by Gasteiger charge is -2.05. The lowest BCUT2D eigenvalue weighted by atomic mass is 10.1. The van der Waals surface area contributed by atoms with Crippen molar-refractivity contribution in [3.05, 3.63) is 59.2 Å². The fourth-order valence-electron chi connectivity index (χ4n) is 1.67. The molecule has 0 aliphatic heterocycles. The Labute approximate surface area is 154 Å². The predicted octanol–water partition coefficient (Wildman–Crippen LogP) is 3.12. The summed E-state index contributed by atoms with van der Waals surface area (Å²) >= 11 is 0. The molecule has 7 heteroatoms. The number of carbonyl (C=O) groups excluding carboxylic acids is 2. The van der Waals surface area contributed by atoms with Crippen molar-refractivity contribution in [3.63, 3.8) is 0 Å². The standard InChI is InChI=1S/C15H12N4O3.2C2H6/c1-22-15(21)13-6-12(18-9-19-13)14(20)17-8-11-4-2-10(7-16)3-5-11;2*1-2/h2-6,9H,8H2,1H3,(H,17,20);2*1-2H3. The van der Waals surface area contributed by atoms with Crippen molar-refractivity contribution in [1.29, 1.82) is 5.26 Å². The lowest BCUT2D eigenvalue weighted by Crippen LogP contribution is -2.24. The van der Waals surface area contributed by atoms with Gasteiger partial charge in [-0.15, -0.1) is 0 Å². The van der Waals surface area contributed by atoms with Crippen LogP contribution in [0.1, 0.15) is 59.8 Å². The highest BCUT2D eigenvalue weighted by Crippen LogP contribution is 2.04. The van der Waals surface area contributed by atoms with Gasteiger partial charge in [-0.05, 0) is 17.7 Å². The fraction of sp³-hybridized carbons (Fsp3) is 0.316. The summed E-state index contributed by atoms with van der Waals surface area (Å²) in [7, 11) is 1.23. The summed E-state index contributed by atoms with van der Waals surface area (Å²) in [6, 6.07) is 10.1. The molecule has 0 aliphatic carbocycles. The van der Waals surface area contributed by atoms with Gasteiger partial charge in [-0.1, -0.05) is 39.8 Å². The topological polar surface area (TPSA) is 105 Å². The van der Waals surface area contributed by atoms with E-state index >= 15 is 0 Å². The number of amides is 1. The van der Waals surface area contributed by atoms with E-state index < -0.39 is 11.9 Å². The number of rotatable bonds is 4. The molecule has 1 aromatic heterocycles. The van der Waals surface area contributed by atoms with E-state index in [9.17, 15) is 9.59 Å². The van der Waals surface area contributed by atoms with Gasteiger partial charge >= 0.3 is 5.97 Å². The van der Waals surface area contributed by atoms with Crippen LogP contribution in [-0.2, 0) is 11.3 Å². The molecule has 0 fully saturated rings. The number of nitriles is 1. The summed E-state index contributed by atoms with van der Waals surface area (Å²) < 4.78 is 4.53. The maximum atomic E-state index is 12.0. The maximum Gasteiger partial charge on any atom is 0.356 e. The quantitative estimate of drug-likeness (QED) is 0.844. The van der Waals surface area contributed by atoms with E-state index in [0.29, 0.717) is 5.56 Å². The van der Waals surface area contributed by atoms with Gasteiger partial charge in [0.2, 0.25) is 0 Å². The first-order chi connectivity index (χ1) is 12.6. The van der Waals surface area contributed by atoms with Gasteiger partial charge in [0.25, 0.3) is 5.91 Å². The molecule has 26 heavy (non-hydrogen) atoms. The molecule has 0 saturated carbocycles. The third-order valence-electron chi connectivity index (χ3n) is 2.83. The second-order valence-electron chi connectivity index (χ2n) is 4.27. The average Bonchev–Trinajstić information content (AvgIpc) is 2.74. The molecule has 1 N–H and O–H groups in total. The van der Waals surface area contributed by atoms with Crippen molar-refractivity contribution >= 4 is 11.9 Å². The van der Waals surface area contributed by atoms with E-state index in [-0.39, 0.29) is 17.9 Å². The highest BCUT2D eigenvalue weighted by atomic mass is 16.5. The average molecular weight is 356 g/mol. The van der Waals surface area contributed by atoms with Crippen LogP contribution in [0, 0.1) is 11.3 Å². The summed E-state index contributed by atoms with van der Waals surface area (Å²) in [6.45, 7) is 8.28. The first-order valence-electron chi connectivity index (χ1n) is 8.31. The molecule has 2 aromatic rings. The predicted molar refractivity (Wildman–Crippen MR) is 98.4 cm³/mol. The van der Waals surface area contributed by atoms with E-state index in [0.717, 1.165) is 11.9 Å². The summed E-state index contributed by atoms with van der Waals surface area (Å²) in [5, 5.41) is 11.4. The molecule has 0 unspecified atom stereocenters. The van der Waals surface area contributed by atoms with Crippen molar-refractivity contribution in [2.45, 2.75) is 34.2 Å². The summed E-state index contributed by atoms with van der Waals surface area (Å²) in [6.07, 6.45) is 1.13. The van der Waals surface area contributed by atoms with Crippen LogP contribution in [-0.4, -0.2) is 29.0 Å². The second kappa shape index (κ2) is 13.1. The second-order valence-corrected chi connectivity index (χ2v) is 4.27. The van der Waals surface area contributed by atoms with Crippen LogP contribution in [0.5, 0.6) is 0 Å². The van der Waals surface area contributed by atoms with E-state index in [1.54, 1.807) is 24.3 Å². The van der Waals surface area contributed by atoms with E-state index in [1.807, 2.05) is 33.8 Å². The molecule has 2 rings (SSSR count). The third-order valence-corrected chi connectivity index (χ3v) is 2.83. The zero-order chi connectivity index (χ0) is 19.9. The molecule has 0 aliphatic rings. The minimum atomic E-state index is -0.636. The van der Waals surface area contributed by atoms with E-state index in [1.165, 1.54) is 13.2 Å². The van der Waals surface area contributed by atoms with Gasteiger partial charge in [0, 0.05) is 12.6 Å². The minimum Gasteiger partial charge on any atom is -0.464 e. The molecule has 138 valence electrons. The van der Waals surface area contributed by atoms with Crippen LogP contribution in [0.4, 0.5) is 0 Å². The summed E-state index contributed by atoms with van der Waals surface area (Å²) in [5.41, 5.74) is 1.48. The number of ether oxygens (including phenoxy) is 1.